The van der Waals surface area contributed by atoms with Gasteiger partial charge in [0.2, 0.25) is 0 Å². The van der Waals surface area contributed by atoms with Crippen LogP contribution in [0.4, 0.5) is 0 Å². The molecule has 0 radical (unpaired) electrons. The van der Waals surface area contributed by atoms with Gasteiger partial charge in [0.1, 0.15) is 13.2 Å². The number of unbranched alkanes of at least 4 members (excludes halogenated alkanes) is 50. The quantitative estimate of drug-likeness (QED) is 0.0261. The Bertz CT molecular complexity index is 1150. The van der Waals surface area contributed by atoms with Crippen molar-refractivity contribution in [1.82, 2.24) is 0 Å². The second-order valence-electron chi connectivity index (χ2n) is 23.1. The van der Waals surface area contributed by atoms with Crippen molar-refractivity contribution in [2.45, 2.75) is 393 Å². The Morgan fingerprint density at radius 1 is 0.257 bits per heavy atom. The van der Waals surface area contributed by atoms with Crippen molar-refractivity contribution in [3.63, 3.8) is 0 Å². The lowest BCUT2D eigenvalue weighted by Gasteiger charge is -2.18. The fourth-order valence-corrected chi connectivity index (χ4v) is 10.4. The van der Waals surface area contributed by atoms with Gasteiger partial charge in [0.15, 0.2) is 6.10 Å². The number of carbonyl (C=O) groups is 3. The Balaban J connectivity index is 3.93. The van der Waals surface area contributed by atoms with Crippen molar-refractivity contribution >= 4 is 17.9 Å². The van der Waals surface area contributed by atoms with E-state index < -0.39 is 6.10 Å². The van der Waals surface area contributed by atoms with E-state index in [-0.39, 0.29) is 31.1 Å². The van der Waals surface area contributed by atoms with Crippen molar-refractivity contribution in [1.29, 1.82) is 0 Å². The summed E-state index contributed by atoms with van der Waals surface area (Å²) in [5.41, 5.74) is 0. The Kier molecular flexibility index (Phi) is 62.1. The van der Waals surface area contributed by atoms with Gasteiger partial charge in [-0.1, -0.05) is 335 Å². The largest absolute Gasteiger partial charge is 0.462 e. The van der Waals surface area contributed by atoms with E-state index in [4.69, 9.17) is 14.2 Å². The third-order valence-corrected chi connectivity index (χ3v) is 15.5. The van der Waals surface area contributed by atoms with Crippen molar-refractivity contribution in [2.75, 3.05) is 13.2 Å². The Hall–Kier alpha value is -1.85. The predicted molar refractivity (Wildman–Crippen MR) is 321 cm³/mol. The third kappa shape index (κ3) is 61.0. The molecule has 0 rings (SSSR count). The number of allylic oxidation sites excluding steroid dienone is 2. The molecule has 6 nitrogen and oxygen atoms in total. The summed E-state index contributed by atoms with van der Waals surface area (Å²) >= 11 is 0. The van der Waals surface area contributed by atoms with Crippen LogP contribution < -0.4 is 0 Å². The Labute approximate surface area is 462 Å². The maximum atomic E-state index is 12.8. The number of hydrogen-bond acceptors (Lipinski definition) is 6. The van der Waals surface area contributed by atoms with Crippen LogP contribution in [0.2, 0.25) is 0 Å². The minimum absolute atomic E-state index is 0.0634. The summed E-state index contributed by atoms with van der Waals surface area (Å²) in [4.78, 5) is 38.0. The number of esters is 3. The van der Waals surface area contributed by atoms with Gasteiger partial charge in [-0.25, -0.2) is 0 Å². The Morgan fingerprint density at radius 2 is 0.446 bits per heavy atom. The first kappa shape index (κ1) is 72.2. The van der Waals surface area contributed by atoms with Crippen molar-refractivity contribution in [3.8, 4) is 0 Å². The standard InChI is InChI=1S/C68H130O6/c1-4-7-10-13-16-18-20-22-24-26-28-29-30-31-32-33-34-35-36-37-38-39-41-42-44-46-48-50-52-55-58-61-67(70)73-64-65(63-72-66(69)60-57-54-15-12-9-6-3)74-68(71)62-59-56-53-51-49-47-45-43-40-27-25-23-21-19-17-14-11-8-5-2/h26,28,65H,4-25,27,29-64H2,1-3H3/b28-26-. The minimum atomic E-state index is -0.762. The molecule has 1 atom stereocenters. The van der Waals surface area contributed by atoms with Crippen LogP contribution in [0.15, 0.2) is 12.2 Å². The van der Waals surface area contributed by atoms with Crippen molar-refractivity contribution < 1.29 is 28.6 Å². The van der Waals surface area contributed by atoms with Gasteiger partial charge >= 0.3 is 17.9 Å². The summed E-state index contributed by atoms with van der Waals surface area (Å²) in [6.45, 7) is 6.65. The molecule has 0 fully saturated rings. The zero-order chi connectivity index (χ0) is 53.6. The number of rotatable bonds is 63. The SMILES string of the molecule is CCCCCCCCCC/C=C\CCCCCCCCCCCCCCCCCCCCCC(=O)OCC(COC(=O)CCCCCCCC)OC(=O)CCCCCCCCCCCCCCCCCCCCC. The summed E-state index contributed by atoms with van der Waals surface area (Å²) in [6.07, 6.45) is 75.7. The maximum absolute atomic E-state index is 12.8. The van der Waals surface area contributed by atoms with Gasteiger partial charge in [0.05, 0.1) is 0 Å². The van der Waals surface area contributed by atoms with E-state index in [0.717, 1.165) is 57.8 Å². The normalized spacial score (nSPS) is 12.0. The highest BCUT2D eigenvalue weighted by molar-refractivity contribution is 5.71. The second-order valence-corrected chi connectivity index (χ2v) is 23.1. The molecular formula is C68H130O6. The molecule has 0 aromatic rings. The molecule has 0 spiro atoms. The van der Waals surface area contributed by atoms with E-state index in [2.05, 4.69) is 32.9 Å². The third-order valence-electron chi connectivity index (χ3n) is 15.5. The zero-order valence-corrected chi connectivity index (χ0v) is 50.4. The molecule has 0 saturated heterocycles. The molecule has 1 unspecified atom stereocenters. The zero-order valence-electron chi connectivity index (χ0n) is 50.4. The van der Waals surface area contributed by atoms with E-state index in [1.165, 1.54) is 289 Å². The molecule has 0 amide bonds. The first-order chi connectivity index (χ1) is 36.5. The van der Waals surface area contributed by atoms with Crippen LogP contribution in [0, 0.1) is 0 Å². The fraction of sp³-hybridized carbons (Fsp3) is 0.926. The number of ether oxygens (including phenoxy) is 3. The molecule has 6 heteroatoms. The molecule has 0 aromatic heterocycles. The average Bonchev–Trinajstić information content (AvgIpc) is 3.40. The van der Waals surface area contributed by atoms with Crippen LogP contribution in [0.25, 0.3) is 0 Å². The lowest BCUT2D eigenvalue weighted by Crippen LogP contribution is -2.30. The van der Waals surface area contributed by atoms with E-state index in [1.807, 2.05) is 0 Å². The lowest BCUT2D eigenvalue weighted by atomic mass is 10.0. The summed E-state index contributed by atoms with van der Waals surface area (Å²) in [5, 5.41) is 0. The van der Waals surface area contributed by atoms with E-state index in [0.29, 0.717) is 19.3 Å². The molecule has 74 heavy (non-hydrogen) atoms. The molecule has 0 aromatic carbocycles. The average molecular weight is 1040 g/mol. The van der Waals surface area contributed by atoms with Crippen molar-refractivity contribution in [2.24, 2.45) is 0 Å². The van der Waals surface area contributed by atoms with Crippen LogP contribution in [0.1, 0.15) is 387 Å². The predicted octanol–water partition coefficient (Wildman–Crippen LogP) is 22.8. The van der Waals surface area contributed by atoms with Crippen LogP contribution in [-0.4, -0.2) is 37.2 Å². The summed E-state index contributed by atoms with van der Waals surface area (Å²) in [7, 11) is 0. The summed E-state index contributed by atoms with van der Waals surface area (Å²) in [5.74, 6) is -0.844. The van der Waals surface area contributed by atoms with Gasteiger partial charge in [-0.3, -0.25) is 14.4 Å². The van der Waals surface area contributed by atoms with Gasteiger partial charge < -0.3 is 14.2 Å². The molecule has 0 N–H and O–H groups in total. The second kappa shape index (κ2) is 63.7. The molecule has 0 aliphatic carbocycles. The van der Waals surface area contributed by atoms with E-state index >= 15 is 0 Å². The van der Waals surface area contributed by atoms with Gasteiger partial charge in [-0.2, -0.15) is 0 Å². The highest BCUT2D eigenvalue weighted by Crippen LogP contribution is 2.19. The highest BCUT2D eigenvalue weighted by atomic mass is 16.6. The minimum Gasteiger partial charge on any atom is -0.462 e. The van der Waals surface area contributed by atoms with E-state index in [9.17, 15) is 14.4 Å². The highest BCUT2D eigenvalue weighted by Gasteiger charge is 2.19. The van der Waals surface area contributed by atoms with Crippen molar-refractivity contribution in [3.05, 3.63) is 12.2 Å². The molecule has 0 aliphatic rings. The molecule has 0 bridgehead atoms. The van der Waals surface area contributed by atoms with Crippen LogP contribution in [-0.2, 0) is 28.6 Å². The first-order valence-corrected chi connectivity index (χ1v) is 33.7. The van der Waals surface area contributed by atoms with Gasteiger partial charge in [0.25, 0.3) is 0 Å². The summed E-state index contributed by atoms with van der Waals surface area (Å²) in [6, 6.07) is 0. The van der Waals surface area contributed by atoms with Crippen LogP contribution in [0.5, 0.6) is 0 Å². The number of hydrogen-bond donors (Lipinski definition) is 0. The molecule has 0 heterocycles. The summed E-state index contributed by atoms with van der Waals surface area (Å²) < 4.78 is 16.8. The lowest BCUT2D eigenvalue weighted by molar-refractivity contribution is -0.167. The molecule has 438 valence electrons. The monoisotopic (exact) mass is 1040 g/mol. The Morgan fingerprint density at radius 3 is 0.676 bits per heavy atom. The van der Waals surface area contributed by atoms with Gasteiger partial charge in [-0.15, -0.1) is 0 Å². The van der Waals surface area contributed by atoms with Crippen LogP contribution >= 0.6 is 0 Å². The molecule has 0 aliphatic heterocycles. The van der Waals surface area contributed by atoms with Crippen LogP contribution in [0.3, 0.4) is 0 Å². The molecular weight excluding hydrogens is 913 g/mol. The smallest absolute Gasteiger partial charge is 0.306 e. The van der Waals surface area contributed by atoms with E-state index in [1.54, 1.807) is 0 Å². The number of carbonyl (C=O) groups excluding carboxylic acids is 3. The van der Waals surface area contributed by atoms with Gasteiger partial charge in [0, 0.05) is 19.3 Å². The topological polar surface area (TPSA) is 78.9 Å². The first-order valence-electron chi connectivity index (χ1n) is 33.7. The fourth-order valence-electron chi connectivity index (χ4n) is 10.4. The maximum Gasteiger partial charge on any atom is 0.306 e. The molecule has 0 saturated carbocycles. The van der Waals surface area contributed by atoms with Gasteiger partial charge in [-0.05, 0) is 44.9 Å².